The Labute approximate surface area is 101 Å². The molecule has 0 saturated heterocycles. The molecule has 0 fully saturated rings. The molecule has 2 rings (SSSR count). The number of likely N-dealkylation sites (N-methyl/N-ethyl adjacent to an activating group) is 1. The Bertz CT molecular complexity index is 571. The average molecular weight is 231 g/mol. The molecule has 4 heteroatoms. The monoisotopic (exact) mass is 231 g/mol. The average Bonchev–Trinajstić information content (AvgIpc) is 2.70. The van der Waals surface area contributed by atoms with Crippen LogP contribution in [0.5, 0.6) is 0 Å². The zero-order chi connectivity index (χ0) is 12.6. The molecule has 1 atom stereocenters. The third kappa shape index (κ3) is 1.90. The number of hydrogen-bond acceptors (Lipinski definition) is 2. The Morgan fingerprint density at radius 2 is 2.00 bits per heavy atom. The highest BCUT2D eigenvalue weighted by atomic mass is 16.2. The molecule has 17 heavy (non-hydrogen) atoms. The molecule has 0 bridgehead atoms. The number of aromatic nitrogens is 2. The van der Waals surface area contributed by atoms with Gasteiger partial charge in [-0.2, -0.15) is 0 Å². The van der Waals surface area contributed by atoms with Gasteiger partial charge >= 0.3 is 0 Å². The summed E-state index contributed by atoms with van der Waals surface area (Å²) in [6.07, 6.45) is 1.73. The fourth-order valence-corrected chi connectivity index (χ4v) is 1.93. The van der Waals surface area contributed by atoms with Gasteiger partial charge in [0.1, 0.15) is 6.04 Å². The van der Waals surface area contributed by atoms with Crippen molar-refractivity contribution in [1.29, 1.82) is 0 Å². The number of nitrogens with zero attached hydrogens (tertiary/aromatic N) is 2. The first-order chi connectivity index (χ1) is 8.04. The molecule has 0 saturated carbocycles. The van der Waals surface area contributed by atoms with Crippen molar-refractivity contribution in [3.63, 3.8) is 0 Å². The van der Waals surface area contributed by atoms with E-state index in [1.165, 1.54) is 11.1 Å². The van der Waals surface area contributed by atoms with E-state index in [0.717, 1.165) is 11.0 Å². The molecule has 0 aliphatic heterocycles. The van der Waals surface area contributed by atoms with E-state index in [4.69, 9.17) is 0 Å². The fourth-order valence-electron chi connectivity index (χ4n) is 1.93. The Hall–Kier alpha value is -1.84. The van der Waals surface area contributed by atoms with Gasteiger partial charge in [0, 0.05) is 7.05 Å². The number of fused-ring (bicyclic) bond motifs is 1. The number of benzene rings is 1. The summed E-state index contributed by atoms with van der Waals surface area (Å²) in [5.41, 5.74) is 4.37. The highest BCUT2D eigenvalue weighted by Gasteiger charge is 2.16. The molecule has 0 aliphatic carbocycles. The second kappa shape index (κ2) is 4.20. The van der Waals surface area contributed by atoms with Crippen LogP contribution in [0.4, 0.5) is 0 Å². The summed E-state index contributed by atoms with van der Waals surface area (Å²) in [5.74, 6) is -0.0115. The van der Waals surface area contributed by atoms with Crippen molar-refractivity contribution < 1.29 is 4.79 Å². The number of amides is 1. The first-order valence-electron chi connectivity index (χ1n) is 5.70. The molecular formula is C13H17N3O. The number of nitrogens with one attached hydrogen (secondary N) is 1. The molecule has 1 aromatic carbocycles. The van der Waals surface area contributed by atoms with E-state index in [0.29, 0.717) is 0 Å². The Balaban J connectivity index is 2.56. The van der Waals surface area contributed by atoms with E-state index in [1.54, 1.807) is 13.4 Å². The van der Waals surface area contributed by atoms with Crippen LogP contribution in [-0.4, -0.2) is 22.5 Å². The summed E-state index contributed by atoms with van der Waals surface area (Å²) in [7, 11) is 1.65. The van der Waals surface area contributed by atoms with Gasteiger partial charge < -0.3 is 9.88 Å². The quantitative estimate of drug-likeness (QED) is 0.858. The van der Waals surface area contributed by atoms with Crippen LogP contribution in [-0.2, 0) is 4.79 Å². The third-order valence-electron chi connectivity index (χ3n) is 3.23. The highest BCUT2D eigenvalue weighted by molar-refractivity contribution is 5.84. The molecular weight excluding hydrogens is 214 g/mol. The second-order valence-electron chi connectivity index (χ2n) is 4.37. The van der Waals surface area contributed by atoms with Crippen LogP contribution < -0.4 is 5.32 Å². The van der Waals surface area contributed by atoms with Crippen LogP contribution in [0.25, 0.3) is 11.0 Å². The summed E-state index contributed by atoms with van der Waals surface area (Å²) >= 11 is 0. The van der Waals surface area contributed by atoms with Crippen molar-refractivity contribution in [2.24, 2.45) is 0 Å². The Morgan fingerprint density at radius 3 is 2.65 bits per heavy atom. The van der Waals surface area contributed by atoms with E-state index in [-0.39, 0.29) is 11.9 Å². The van der Waals surface area contributed by atoms with E-state index < -0.39 is 0 Å². The topological polar surface area (TPSA) is 46.9 Å². The Morgan fingerprint density at radius 1 is 1.35 bits per heavy atom. The molecule has 0 aliphatic rings. The predicted molar refractivity (Wildman–Crippen MR) is 68.0 cm³/mol. The Kier molecular flexibility index (Phi) is 2.88. The minimum absolute atomic E-state index is 0.0115. The third-order valence-corrected chi connectivity index (χ3v) is 3.23. The zero-order valence-electron chi connectivity index (χ0n) is 10.6. The van der Waals surface area contributed by atoms with Gasteiger partial charge in [0.2, 0.25) is 5.91 Å². The van der Waals surface area contributed by atoms with Gasteiger partial charge in [0.15, 0.2) is 0 Å². The van der Waals surface area contributed by atoms with Gasteiger partial charge in [-0.15, -0.1) is 0 Å². The summed E-state index contributed by atoms with van der Waals surface area (Å²) in [4.78, 5) is 16.0. The molecule has 4 nitrogen and oxygen atoms in total. The van der Waals surface area contributed by atoms with E-state index in [9.17, 15) is 4.79 Å². The van der Waals surface area contributed by atoms with Crippen LogP contribution in [0.2, 0.25) is 0 Å². The number of hydrogen-bond donors (Lipinski definition) is 1. The first-order valence-corrected chi connectivity index (χ1v) is 5.70. The van der Waals surface area contributed by atoms with E-state index in [2.05, 4.69) is 36.3 Å². The first kappa shape index (κ1) is 11.6. The second-order valence-corrected chi connectivity index (χ2v) is 4.37. The van der Waals surface area contributed by atoms with Crippen LogP contribution in [0.3, 0.4) is 0 Å². The lowest BCUT2D eigenvalue weighted by Crippen LogP contribution is -2.27. The number of rotatable bonds is 2. The molecule has 90 valence electrons. The summed E-state index contributed by atoms with van der Waals surface area (Å²) in [6.45, 7) is 6.00. The van der Waals surface area contributed by atoms with Crippen LogP contribution in [0.1, 0.15) is 24.1 Å². The van der Waals surface area contributed by atoms with Gasteiger partial charge in [0.25, 0.3) is 0 Å². The normalized spacial score (nSPS) is 12.7. The molecule has 1 amide bonds. The predicted octanol–water partition coefficient (Wildman–Crippen LogP) is 1.96. The molecule has 0 radical (unpaired) electrons. The molecule has 2 aromatic rings. The van der Waals surface area contributed by atoms with Crippen molar-refractivity contribution in [2.45, 2.75) is 26.8 Å². The molecule has 1 unspecified atom stereocenters. The maximum atomic E-state index is 11.6. The maximum absolute atomic E-state index is 11.6. The van der Waals surface area contributed by atoms with Gasteiger partial charge in [-0.3, -0.25) is 4.79 Å². The van der Waals surface area contributed by atoms with Gasteiger partial charge in [-0.25, -0.2) is 4.98 Å². The largest absolute Gasteiger partial charge is 0.357 e. The molecule has 0 spiro atoms. The van der Waals surface area contributed by atoms with Gasteiger partial charge in [0.05, 0.1) is 17.4 Å². The lowest BCUT2D eigenvalue weighted by atomic mass is 10.1. The van der Waals surface area contributed by atoms with Gasteiger partial charge in [-0.1, -0.05) is 0 Å². The molecule has 1 heterocycles. The van der Waals surface area contributed by atoms with Crippen molar-refractivity contribution >= 4 is 16.9 Å². The van der Waals surface area contributed by atoms with Crippen molar-refractivity contribution in [2.75, 3.05) is 7.05 Å². The fraction of sp³-hybridized carbons (Fsp3) is 0.385. The van der Waals surface area contributed by atoms with Crippen LogP contribution in [0, 0.1) is 13.8 Å². The highest BCUT2D eigenvalue weighted by Crippen LogP contribution is 2.21. The van der Waals surface area contributed by atoms with Crippen molar-refractivity contribution in [3.05, 3.63) is 29.6 Å². The van der Waals surface area contributed by atoms with Crippen molar-refractivity contribution in [3.8, 4) is 0 Å². The van der Waals surface area contributed by atoms with Gasteiger partial charge in [-0.05, 0) is 44.0 Å². The summed E-state index contributed by atoms with van der Waals surface area (Å²) in [6, 6.07) is 3.89. The minimum Gasteiger partial charge on any atom is -0.357 e. The SMILES string of the molecule is CNC(=O)C(C)n1cnc2cc(C)c(C)cc21. The number of carbonyl (C=O) groups is 1. The minimum atomic E-state index is -0.243. The lowest BCUT2D eigenvalue weighted by Gasteiger charge is -2.13. The number of carbonyl (C=O) groups excluding carboxylic acids is 1. The zero-order valence-corrected chi connectivity index (χ0v) is 10.6. The van der Waals surface area contributed by atoms with E-state index >= 15 is 0 Å². The summed E-state index contributed by atoms with van der Waals surface area (Å²) in [5, 5.41) is 2.66. The molecule has 1 aromatic heterocycles. The lowest BCUT2D eigenvalue weighted by molar-refractivity contribution is -0.123. The van der Waals surface area contributed by atoms with Crippen molar-refractivity contribution in [1.82, 2.24) is 14.9 Å². The smallest absolute Gasteiger partial charge is 0.242 e. The van der Waals surface area contributed by atoms with E-state index in [1.807, 2.05) is 11.5 Å². The number of aryl methyl sites for hydroxylation is 2. The molecule has 1 N–H and O–H groups in total. The van der Waals surface area contributed by atoms with Crippen LogP contribution in [0.15, 0.2) is 18.5 Å². The maximum Gasteiger partial charge on any atom is 0.242 e. The standard InChI is InChI=1S/C13H17N3O/c1-8-5-11-12(6-9(8)2)16(7-15-11)10(3)13(17)14-4/h5-7,10H,1-4H3,(H,14,17). The van der Waals surface area contributed by atoms with Crippen LogP contribution >= 0.6 is 0 Å². The number of imidazole rings is 1. The summed E-state index contributed by atoms with van der Waals surface area (Å²) < 4.78 is 1.90.